The lowest BCUT2D eigenvalue weighted by Gasteiger charge is -2.17. The Morgan fingerprint density at radius 1 is 1.50 bits per heavy atom. The first-order valence-corrected chi connectivity index (χ1v) is 8.08. The van der Waals surface area contributed by atoms with Crippen molar-refractivity contribution in [3.8, 4) is 0 Å². The third-order valence-corrected chi connectivity index (χ3v) is 4.52. The highest BCUT2D eigenvalue weighted by molar-refractivity contribution is 9.10. The first-order valence-electron chi connectivity index (χ1n) is 6.03. The molecule has 0 fully saturated rings. The summed E-state index contributed by atoms with van der Waals surface area (Å²) < 4.78 is 6.07. The number of carbonyl (C=O) groups is 1. The van der Waals surface area contributed by atoms with Crippen LogP contribution in [0.1, 0.15) is 17.8 Å². The molecule has 2 rings (SSSR count). The molecule has 0 amide bonds. The molecule has 2 aromatic rings. The van der Waals surface area contributed by atoms with Crippen LogP contribution in [0.2, 0.25) is 5.02 Å². The summed E-state index contributed by atoms with van der Waals surface area (Å²) in [6, 6.07) is 8.62. The van der Waals surface area contributed by atoms with E-state index >= 15 is 0 Å². The van der Waals surface area contributed by atoms with Crippen molar-refractivity contribution in [1.29, 1.82) is 0 Å². The third kappa shape index (κ3) is 3.98. The minimum absolute atomic E-state index is 0.304. The molecular weight excluding hydrogens is 362 g/mol. The molecule has 1 heterocycles. The molecule has 20 heavy (non-hydrogen) atoms. The van der Waals surface area contributed by atoms with E-state index in [1.165, 1.54) is 11.3 Å². The topological polar surface area (TPSA) is 38.3 Å². The van der Waals surface area contributed by atoms with Crippen LogP contribution in [-0.2, 0) is 9.53 Å². The van der Waals surface area contributed by atoms with Gasteiger partial charge in [-0.25, -0.2) is 4.79 Å². The van der Waals surface area contributed by atoms with Crippen LogP contribution in [0.4, 0.5) is 5.69 Å². The molecule has 0 spiro atoms. The Balaban J connectivity index is 2.25. The van der Waals surface area contributed by atoms with Crippen LogP contribution in [0, 0.1) is 0 Å². The largest absolute Gasteiger partial charge is 0.464 e. The second kappa shape index (κ2) is 7.11. The van der Waals surface area contributed by atoms with E-state index in [0.717, 1.165) is 15.0 Å². The molecule has 0 aliphatic rings. The second-order valence-electron chi connectivity index (χ2n) is 4.01. The zero-order valence-electron chi connectivity index (χ0n) is 10.7. The van der Waals surface area contributed by atoms with Gasteiger partial charge in [0.05, 0.1) is 6.61 Å². The molecule has 6 heteroatoms. The summed E-state index contributed by atoms with van der Waals surface area (Å²) in [7, 11) is 0. The molecule has 0 radical (unpaired) electrons. The summed E-state index contributed by atoms with van der Waals surface area (Å²) in [4.78, 5) is 13.0. The van der Waals surface area contributed by atoms with Crippen molar-refractivity contribution in [1.82, 2.24) is 0 Å². The summed E-state index contributed by atoms with van der Waals surface area (Å²) >= 11 is 10.8. The molecule has 0 aliphatic heterocycles. The Hall–Kier alpha value is -1.04. The van der Waals surface area contributed by atoms with Gasteiger partial charge in [0.15, 0.2) is 6.04 Å². The molecule has 106 valence electrons. The van der Waals surface area contributed by atoms with E-state index in [0.29, 0.717) is 11.6 Å². The van der Waals surface area contributed by atoms with Crippen LogP contribution in [0.25, 0.3) is 0 Å². The van der Waals surface area contributed by atoms with Gasteiger partial charge in [0.1, 0.15) is 0 Å². The van der Waals surface area contributed by atoms with Crippen LogP contribution in [0.15, 0.2) is 40.2 Å². The van der Waals surface area contributed by atoms with Gasteiger partial charge in [-0.05, 0) is 47.1 Å². The number of hydrogen-bond donors (Lipinski definition) is 1. The molecular formula is C14H13BrClNO2S. The summed E-state index contributed by atoms with van der Waals surface area (Å²) in [5.74, 6) is -0.304. The molecule has 1 unspecified atom stereocenters. The van der Waals surface area contributed by atoms with Crippen molar-refractivity contribution in [3.05, 3.63) is 50.1 Å². The smallest absolute Gasteiger partial charge is 0.334 e. The van der Waals surface area contributed by atoms with Crippen molar-refractivity contribution in [2.24, 2.45) is 0 Å². The first kappa shape index (κ1) is 15.4. The van der Waals surface area contributed by atoms with E-state index in [1.54, 1.807) is 19.1 Å². The van der Waals surface area contributed by atoms with Crippen LogP contribution in [0.5, 0.6) is 0 Å². The number of ether oxygens (including phenoxy) is 1. The lowest BCUT2D eigenvalue weighted by molar-refractivity contribution is -0.144. The quantitative estimate of drug-likeness (QED) is 0.758. The van der Waals surface area contributed by atoms with Gasteiger partial charge >= 0.3 is 5.97 Å². The molecule has 3 nitrogen and oxygen atoms in total. The maximum Gasteiger partial charge on any atom is 0.334 e. The van der Waals surface area contributed by atoms with Gasteiger partial charge in [-0.1, -0.05) is 17.7 Å². The highest BCUT2D eigenvalue weighted by atomic mass is 79.9. The number of carbonyl (C=O) groups excluding carboxylic acids is 1. The van der Waals surface area contributed by atoms with E-state index < -0.39 is 6.04 Å². The molecule has 1 aromatic carbocycles. The average Bonchev–Trinajstić information content (AvgIpc) is 2.83. The van der Waals surface area contributed by atoms with Crippen LogP contribution >= 0.6 is 38.9 Å². The van der Waals surface area contributed by atoms with Crippen molar-refractivity contribution >= 4 is 50.5 Å². The molecule has 0 bridgehead atoms. The Kier molecular flexibility index (Phi) is 5.46. The predicted octanol–water partition coefficient (Wildman–Crippen LogP) is 4.88. The second-order valence-corrected chi connectivity index (χ2v) is 6.30. The van der Waals surface area contributed by atoms with Gasteiger partial charge < -0.3 is 10.1 Å². The number of thiophene rings is 1. The van der Waals surface area contributed by atoms with Crippen LogP contribution in [-0.4, -0.2) is 12.6 Å². The number of benzene rings is 1. The Bertz CT molecular complexity index is 602. The van der Waals surface area contributed by atoms with Gasteiger partial charge in [0.25, 0.3) is 0 Å². The standard InChI is InChI=1S/C14H13BrClNO2S/c1-2-19-14(18)13(12-6-9(15)8-20-12)17-11-5-3-4-10(16)7-11/h3-8,13,17H,2H2,1H3. The zero-order valence-corrected chi connectivity index (χ0v) is 13.9. The Labute approximate surface area is 135 Å². The molecule has 1 N–H and O–H groups in total. The SMILES string of the molecule is CCOC(=O)C(Nc1cccc(Cl)c1)c1cc(Br)cs1. The zero-order chi connectivity index (χ0) is 14.5. The summed E-state index contributed by atoms with van der Waals surface area (Å²) in [6.45, 7) is 2.14. The van der Waals surface area contributed by atoms with E-state index in [1.807, 2.05) is 23.6 Å². The highest BCUT2D eigenvalue weighted by Gasteiger charge is 2.23. The van der Waals surface area contributed by atoms with Gasteiger partial charge in [-0.2, -0.15) is 0 Å². The minimum atomic E-state index is -0.537. The normalized spacial score (nSPS) is 11.9. The average molecular weight is 375 g/mol. The van der Waals surface area contributed by atoms with Crippen molar-refractivity contribution in [2.75, 3.05) is 11.9 Å². The van der Waals surface area contributed by atoms with Gasteiger partial charge in [-0.15, -0.1) is 11.3 Å². The summed E-state index contributed by atoms with van der Waals surface area (Å²) in [5, 5.41) is 5.71. The minimum Gasteiger partial charge on any atom is -0.464 e. The lowest BCUT2D eigenvalue weighted by Crippen LogP contribution is -2.22. The van der Waals surface area contributed by atoms with Crippen LogP contribution < -0.4 is 5.32 Å². The number of rotatable bonds is 5. The number of halogens is 2. The molecule has 0 aliphatic carbocycles. The third-order valence-electron chi connectivity index (χ3n) is 2.53. The van der Waals surface area contributed by atoms with Gasteiger partial charge in [0.2, 0.25) is 0 Å². The van der Waals surface area contributed by atoms with Gasteiger partial charge in [0, 0.05) is 25.4 Å². The maximum absolute atomic E-state index is 12.1. The number of hydrogen-bond acceptors (Lipinski definition) is 4. The Morgan fingerprint density at radius 3 is 2.90 bits per heavy atom. The highest BCUT2D eigenvalue weighted by Crippen LogP contribution is 2.29. The van der Waals surface area contributed by atoms with E-state index in [4.69, 9.17) is 16.3 Å². The lowest BCUT2D eigenvalue weighted by atomic mass is 10.2. The first-order chi connectivity index (χ1) is 9.60. The molecule has 0 saturated heterocycles. The fourth-order valence-electron chi connectivity index (χ4n) is 1.70. The van der Waals surface area contributed by atoms with E-state index in [2.05, 4.69) is 21.2 Å². The predicted molar refractivity (Wildman–Crippen MR) is 86.5 cm³/mol. The number of nitrogens with one attached hydrogen (secondary N) is 1. The monoisotopic (exact) mass is 373 g/mol. The summed E-state index contributed by atoms with van der Waals surface area (Å²) in [5.41, 5.74) is 0.778. The van der Waals surface area contributed by atoms with Crippen molar-refractivity contribution in [2.45, 2.75) is 13.0 Å². The summed E-state index contributed by atoms with van der Waals surface area (Å²) in [6.07, 6.45) is 0. The van der Waals surface area contributed by atoms with Crippen LogP contribution in [0.3, 0.4) is 0 Å². The molecule has 0 saturated carbocycles. The van der Waals surface area contributed by atoms with Crippen molar-refractivity contribution in [3.63, 3.8) is 0 Å². The van der Waals surface area contributed by atoms with E-state index in [-0.39, 0.29) is 5.97 Å². The van der Waals surface area contributed by atoms with Gasteiger partial charge in [-0.3, -0.25) is 0 Å². The fourth-order valence-corrected chi connectivity index (χ4v) is 3.37. The molecule has 1 aromatic heterocycles. The van der Waals surface area contributed by atoms with E-state index in [9.17, 15) is 4.79 Å². The number of esters is 1. The number of anilines is 1. The fraction of sp³-hybridized carbons (Fsp3) is 0.214. The Morgan fingerprint density at radius 2 is 2.30 bits per heavy atom. The van der Waals surface area contributed by atoms with Crippen molar-refractivity contribution < 1.29 is 9.53 Å². The maximum atomic E-state index is 12.1. The molecule has 1 atom stereocenters.